The van der Waals surface area contributed by atoms with E-state index in [4.69, 9.17) is 27.9 Å². The summed E-state index contributed by atoms with van der Waals surface area (Å²) in [5, 5.41) is 3.51. The number of aryl methyl sites for hydroxylation is 1. The second-order valence-electron chi connectivity index (χ2n) is 5.21. The van der Waals surface area contributed by atoms with E-state index >= 15 is 0 Å². The third-order valence-corrected chi connectivity index (χ3v) is 4.85. The van der Waals surface area contributed by atoms with Crippen molar-refractivity contribution < 1.29 is 9.53 Å². The molecular formula is C18H13Cl2NO2S. The van der Waals surface area contributed by atoms with Crippen molar-refractivity contribution in [2.45, 2.75) is 13.5 Å². The molecule has 1 heterocycles. The van der Waals surface area contributed by atoms with E-state index in [-0.39, 0.29) is 12.2 Å². The van der Waals surface area contributed by atoms with Gasteiger partial charge in [-0.15, -0.1) is 11.3 Å². The average molecular weight is 378 g/mol. The van der Waals surface area contributed by atoms with Crippen molar-refractivity contribution in [3.8, 4) is 10.6 Å². The highest BCUT2D eigenvalue weighted by atomic mass is 35.5. The molecule has 0 spiro atoms. The Bertz CT molecular complexity index is 875. The summed E-state index contributed by atoms with van der Waals surface area (Å²) in [5.74, 6) is -0.521. The van der Waals surface area contributed by atoms with Gasteiger partial charge >= 0.3 is 5.97 Å². The van der Waals surface area contributed by atoms with Crippen LogP contribution in [0.3, 0.4) is 0 Å². The van der Waals surface area contributed by atoms with Crippen molar-refractivity contribution in [1.29, 1.82) is 0 Å². The summed E-state index contributed by atoms with van der Waals surface area (Å²) in [6, 6.07) is 12.8. The molecule has 0 amide bonds. The molecule has 0 N–H and O–H groups in total. The molecule has 6 heteroatoms. The van der Waals surface area contributed by atoms with E-state index in [9.17, 15) is 4.79 Å². The third-order valence-electron chi connectivity index (χ3n) is 3.35. The van der Waals surface area contributed by atoms with Gasteiger partial charge in [-0.2, -0.15) is 0 Å². The Labute approximate surface area is 153 Å². The van der Waals surface area contributed by atoms with Crippen molar-refractivity contribution >= 4 is 40.5 Å². The van der Waals surface area contributed by atoms with E-state index < -0.39 is 5.97 Å². The molecule has 3 rings (SSSR count). The van der Waals surface area contributed by atoms with Crippen LogP contribution in [-0.4, -0.2) is 11.0 Å². The van der Waals surface area contributed by atoms with E-state index in [0.717, 1.165) is 10.6 Å². The van der Waals surface area contributed by atoms with Crippen LogP contribution in [0, 0.1) is 6.92 Å². The minimum atomic E-state index is -0.521. The monoisotopic (exact) mass is 377 g/mol. The molecule has 3 nitrogen and oxygen atoms in total. The summed E-state index contributed by atoms with van der Waals surface area (Å²) in [4.78, 5) is 16.6. The molecule has 0 radical (unpaired) electrons. The average Bonchev–Trinajstić information content (AvgIpc) is 3.04. The molecule has 122 valence electrons. The maximum atomic E-state index is 12.1. The molecule has 0 unspecified atom stereocenters. The lowest BCUT2D eigenvalue weighted by atomic mass is 10.2. The molecule has 3 aromatic rings. The summed E-state index contributed by atoms with van der Waals surface area (Å²) in [5.41, 5.74) is 3.18. The number of rotatable bonds is 4. The van der Waals surface area contributed by atoms with Gasteiger partial charge in [-0.25, -0.2) is 9.78 Å². The third kappa shape index (κ3) is 3.96. The Balaban J connectivity index is 1.68. The molecule has 0 bridgehead atoms. The number of hydrogen-bond donors (Lipinski definition) is 0. The van der Waals surface area contributed by atoms with Crippen LogP contribution in [0.5, 0.6) is 0 Å². The van der Waals surface area contributed by atoms with E-state index in [0.29, 0.717) is 15.7 Å². The maximum absolute atomic E-state index is 12.1. The van der Waals surface area contributed by atoms with Crippen LogP contribution in [0.2, 0.25) is 10.0 Å². The fourth-order valence-corrected chi connectivity index (χ4v) is 3.25. The van der Waals surface area contributed by atoms with Gasteiger partial charge in [0.15, 0.2) is 0 Å². The minimum Gasteiger partial charge on any atom is -0.456 e. The summed E-state index contributed by atoms with van der Waals surface area (Å²) >= 11 is 13.4. The lowest BCUT2D eigenvalue weighted by Crippen LogP contribution is -2.06. The van der Waals surface area contributed by atoms with Gasteiger partial charge in [0.1, 0.15) is 11.6 Å². The highest BCUT2D eigenvalue weighted by Crippen LogP contribution is 2.25. The van der Waals surface area contributed by atoms with Crippen LogP contribution in [0.25, 0.3) is 10.6 Å². The Hall–Kier alpha value is -1.88. The summed E-state index contributed by atoms with van der Waals surface area (Å²) in [6.45, 7) is 2.13. The Kier molecular flexibility index (Phi) is 5.19. The predicted molar refractivity (Wildman–Crippen MR) is 97.9 cm³/mol. The number of thiazole rings is 1. The van der Waals surface area contributed by atoms with Gasteiger partial charge in [-0.1, -0.05) is 53.0 Å². The van der Waals surface area contributed by atoms with Crippen molar-refractivity contribution in [3.63, 3.8) is 0 Å². The second kappa shape index (κ2) is 7.34. The molecule has 0 saturated carbocycles. The van der Waals surface area contributed by atoms with E-state index in [1.165, 1.54) is 23.0 Å². The normalized spacial score (nSPS) is 10.6. The fraction of sp³-hybridized carbons (Fsp3) is 0.111. The number of hydrogen-bond acceptors (Lipinski definition) is 4. The van der Waals surface area contributed by atoms with Crippen LogP contribution < -0.4 is 0 Å². The summed E-state index contributed by atoms with van der Waals surface area (Å²) < 4.78 is 5.28. The van der Waals surface area contributed by atoms with Crippen LogP contribution in [0.4, 0.5) is 0 Å². The largest absolute Gasteiger partial charge is 0.456 e. The summed E-state index contributed by atoms with van der Waals surface area (Å²) in [6.07, 6.45) is 0. The number of ether oxygens (including phenoxy) is 1. The van der Waals surface area contributed by atoms with Crippen LogP contribution in [0.15, 0.2) is 47.8 Å². The van der Waals surface area contributed by atoms with Gasteiger partial charge in [-0.3, -0.25) is 0 Å². The second-order valence-corrected chi connectivity index (χ2v) is 6.91. The molecule has 0 saturated heterocycles. The molecule has 0 aliphatic carbocycles. The van der Waals surface area contributed by atoms with Gasteiger partial charge < -0.3 is 4.74 Å². The van der Waals surface area contributed by atoms with Crippen molar-refractivity contribution in [1.82, 2.24) is 4.98 Å². The first-order valence-electron chi connectivity index (χ1n) is 7.16. The lowest BCUT2D eigenvalue weighted by molar-refractivity contribution is 0.0468. The quantitative estimate of drug-likeness (QED) is 0.540. The van der Waals surface area contributed by atoms with Gasteiger partial charge in [0.25, 0.3) is 0 Å². The zero-order valence-electron chi connectivity index (χ0n) is 12.8. The van der Waals surface area contributed by atoms with E-state index in [1.54, 1.807) is 12.1 Å². The van der Waals surface area contributed by atoms with Gasteiger partial charge in [0, 0.05) is 16.0 Å². The number of carbonyl (C=O) groups excluding carboxylic acids is 1. The molecule has 0 fully saturated rings. The van der Waals surface area contributed by atoms with Gasteiger partial charge in [0.2, 0.25) is 0 Å². The first-order valence-corrected chi connectivity index (χ1v) is 8.80. The number of esters is 1. The number of aromatic nitrogens is 1. The van der Waals surface area contributed by atoms with Crippen LogP contribution in [0.1, 0.15) is 21.6 Å². The number of halogens is 2. The van der Waals surface area contributed by atoms with Crippen LogP contribution >= 0.6 is 34.5 Å². The maximum Gasteiger partial charge on any atom is 0.340 e. The Morgan fingerprint density at radius 1 is 1.17 bits per heavy atom. The zero-order valence-corrected chi connectivity index (χ0v) is 15.1. The van der Waals surface area contributed by atoms with E-state index in [1.807, 2.05) is 36.6 Å². The zero-order chi connectivity index (χ0) is 17.1. The van der Waals surface area contributed by atoms with Crippen molar-refractivity contribution in [2.75, 3.05) is 0 Å². The standard InChI is InChI=1S/C18H13Cl2NO2S/c1-11-2-4-12(5-3-11)17-21-14(10-24-17)9-23-18(22)15-8-13(19)6-7-16(15)20/h2-8,10H,9H2,1H3. The van der Waals surface area contributed by atoms with Crippen LogP contribution in [-0.2, 0) is 11.3 Å². The fourth-order valence-electron chi connectivity index (χ4n) is 2.07. The Morgan fingerprint density at radius 2 is 1.92 bits per heavy atom. The number of nitrogens with zero attached hydrogens (tertiary/aromatic N) is 1. The number of carbonyl (C=O) groups is 1. The smallest absolute Gasteiger partial charge is 0.340 e. The molecule has 0 aliphatic rings. The molecule has 1 aromatic heterocycles. The summed E-state index contributed by atoms with van der Waals surface area (Å²) in [7, 11) is 0. The molecular weight excluding hydrogens is 365 g/mol. The van der Waals surface area contributed by atoms with Gasteiger partial charge in [-0.05, 0) is 25.1 Å². The molecule has 24 heavy (non-hydrogen) atoms. The topological polar surface area (TPSA) is 39.2 Å². The van der Waals surface area contributed by atoms with Crippen molar-refractivity contribution in [3.05, 3.63) is 74.7 Å². The van der Waals surface area contributed by atoms with Crippen molar-refractivity contribution in [2.24, 2.45) is 0 Å². The Morgan fingerprint density at radius 3 is 2.67 bits per heavy atom. The molecule has 0 atom stereocenters. The molecule has 2 aromatic carbocycles. The highest BCUT2D eigenvalue weighted by Gasteiger charge is 2.14. The molecule has 0 aliphatic heterocycles. The predicted octanol–water partition coefficient (Wildman–Crippen LogP) is 5.78. The minimum absolute atomic E-state index is 0.0873. The first kappa shape index (κ1) is 17.0. The highest BCUT2D eigenvalue weighted by molar-refractivity contribution is 7.13. The first-order chi connectivity index (χ1) is 11.5. The number of benzene rings is 2. The lowest BCUT2D eigenvalue weighted by Gasteiger charge is -2.05. The SMILES string of the molecule is Cc1ccc(-c2nc(COC(=O)c3cc(Cl)ccc3Cl)cs2)cc1. The van der Waals surface area contributed by atoms with Gasteiger partial charge in [0.05, 0.1) is 16.3 Å². The van der Waals surface area contributed by atoms with E-state index in [2.05, 4.69) is 4.98 Å².